The molecule has 8 amide bonds. The van der Waals surface area contributed by atoms with Gasteiger partial charge in [0.2, 0.25) is 0 Å². The van der Waals surface area contributed by atoms with E-state index in [1.807, 2.05) is 42.5 Å². The standard InChI is InChI=1S/C25H29N3O3.C25H28N2O4.C25H28N2O3S.C22H22N2O3.C3H7BrO.C2H6O.H3NO/c1-28-22(29)25(27-23(28)26)21-15-20(31-14-13-30-2)8-7-19(21)16-24(25)11-9-17-5-3-4-6-18(17)10-12-24;1-27-22(28)25(26-23(27)29)21-15-20(31-14-13-30-2)8-7-19(21)16-24(25)11-9-17-5-3-4-6-18(17)10-12-24;1-27-22(28)25(26-23(27)31)21-15-20(30-14-13-29-2)8-7-19(21)16-24(25)11-9-17-5-3-4-6-18(17)10-12-24;1-24-19(26)22(23-20(24)27)18-12-17(25)7-6-16(18)13-21(22)10-8-14-4-2-3-5-15(14)9-11-21;1-5-3-2-4;1-2-3;1-2/h3-8,15H,9-14,16H2,1-2H3,(H2,26,27);3-8,15H,9-14,16H2,1-2H3,(H,26,29);3-8,15H,9-14,16H2,1-2H3,(H,26,31);2-7,12,25H,8-11,13H2,1H3,(H,23,27);2-3H2,1H3;3H,2H2,1H3;2H,1H2. The van der Waals surface area contributed by atoms with Gasteiger partial charge in [0.1, 0.15) is 42.8 Å². The lowest BCUT2D eigenvalue weighted by Crippen LogP contribution is -2.55. The van der Waals surface area contributed by atoms with Crippen molar-refractivity contribution >= 4 is 74.9 Å². The number of urea groups is 2. The molecule has 8 aromatic rings. The maximum Gasteiger partial charge on any atom is 0.325 e. The second-order valence-corrected chi connectivity index (χ2v) is 37.1. The number of aliphatic imine (C=N–C) groups is 1. The number of aryl methyl sites for hydroxylation is 8. The maximum absolute atomic E-state index is 13.8. The molecule has 4 unspecified atom stereocenters. The first-order valence-electron chi connectivity index (χ1n) is 45.0. The Hall–Kier alpha value is -10.7. The molecule has 12 aliphatic rings. The normalized spacial score (nSPS) is 22.7. The number of imide groups is 2. The van der Waals surface area contributed by atoms with Crippen molar-refractivity contribution in [2.75, 3.05) is 115 Å². The van der Waals surface area contributed by atoms with E-state index in [0.717, 1.165) is 185 Å². The van der Waals surface area contributed by atoms with E-state index in [9.17, 15) is 33.9 Å². The number of hydrogen-bond acceptors (Lipinski definition) is 20. The molecule has 0 saturated carbocycles. The van der Waals surface area contributed by atoms with E-state index in [2.05, 4.69) is 158 Å². The number of guanidine groups is 1. The van der Waals surface area contributed by atoms with E-state index >= 15 is 0 Å². The Kier molecular flexibility index (Phi) is 29.5. The molecule has 0 aromatic heterocycles. The average molecular weight is 1860 g/mol. The summed E-state index contributed by atoms with van der Waals surface area (Å²) in [5, 5.41) is 35.3. The Balaban J connectivity index is 0.000000135. The van der Waals surface area contributed by atoms with Crippen LogP contribution in [-0.4, -0.2) is 197 Å². The lowest BCUT2D eigenvalue weighted by atomic mass is 9.65. The number of carbonyl (C=O) groups is 6. The monoisotopic (exact) mass is 1850 g/mol. The molecular weight excluding hydrogens is 1730 g/mol. The number of ether oxygens (including phenoxy) is 7. The molecule has 8 aliphatic carbocycles. The smallest absolute Gasteiger partial charge is 0.325 e. The van der Waals surface area contributed by atoms with Gasteiger partial charge in [-0.05, 0) is 285 Å². The second kappa shape index (κ2) is 40.2. The number of aliphatic hydroxyl groups excluding tert-OH is 1. The highest BCUT2D eigenvalue weighted by atomic mass is 79.9. The molecule has 130 heavy (non-hydrogen) atoms. The third-order valence-electron chi connectivity index (χ3n) is 29.5. The van der Waals surface area contributed by atoms with Crippen LogP contribution in [0, 0.1) is 21.7 Å². The summed E-state index contributed by atoms with van der Waals surface area (Å²) < 4.78 is 37.6. The van der Waals surface area contributed by atoms with Crippen molar-refractivity contribution in [3.8, 4) is 23.0 Å². The molecule has 0 radical (unpaired) electrons. The van der Waals surface area contributed by atoms with Gasteiger partial charge in [0, 0.05) is 90.2 Å². The number of halogens is 1. The highest BCUT2D eigenvalue weighted by Crippen LogP contribution is 2.65. The number of nitrogens with two attached hydrogens (primary N) is 2. The molecule has 3 fully saturated rings. The fourth-order valence-electron chi connectivity index (χ4n) is 23.0. The first-order chi connectivity index (χ1) is 62.8. The number of nitrogens with zero attached hydrogens (tertiary/aromatic N) is 5. The van der Waals surface area contributed by atoms with Crippen molar-refractivity contribution in [3.05, 3.63) is 259 Å². The van der Waals surface area contributed by atoms with E-state index < -0.39 is 22.2 Å². The number of benzene rings is 8. The number of methoxy groups -OCH3 is 4. The highest BCUT2D eigenvalue weighted by Gasteiger charge is 2.71. The van der Waals surface area contributed by atoms with Crippen LogP contribution >= 0.6 is 28.1 Å². The van der Waals surface area contributed by atoms with Gasteiger partial charge in [0.05, 0.1) is 26.4 Å². The summed E-state index contributed by atoms with van der Waals surface area (Å²) >= 11 is 8.76. The summed E-state index contributed by atoms with van der Waals surface area (Å²) in [5.41, 5.74) is 20.1. The van der Waals surface area contributed by atoms with Gasteiger partial charge in [-0.1, -0.05) is 137 Å². The number of hydrogen-bond donors (Lipinski definition) is 8. The molecule has 4 atom stereocenters. The fourth-order valence-corrected chi connectivity index (χ4v) is 23.6. The number of phenolic OH excluding ortho intramolecular Hbond substituents is 1. The number of amides is 8. The Morgan fingerprint density at radius 1 is 0.385 bits per heavy atom. The zero-order valence-electron chi connectivity index (χ0n) is 76.0. The van der Waals surface area contributed by atoms with Crippen molar-refractivity contribution in [3.63, 3.8) is 0 Å². The lowest BCUT2D eigenvalue weighted by Gasteiger charge is -2.42. The van der Waals surface area contributed by atoms with Crippen LogP contribution in [0.1, 0.15) is 147 Å². The number of aliphatic hydroxyl groups is 1. The van der Waals surface area contributed by atoms with Gasteiger partial charge >= 0.3 is 12.1 Å². The van der Waals surface area contributed by atoms with Crippen LogP contribution in [0.5, 0.6) is 23.0 Å². The molecule has 0 bridgehead atoms. The van der Waals surface area contributed by atoms with Crippen LogP contribution < -0.4 is 41.8 Å². The maximum atomic E-state index is 13.8. The average Bonchev–Trinajstić information content (AvgIpc) is 1.54. The number of carbonyl (C=O) groups excluding carboxylic acids is 6. The zero-order valence-corrected chi connectivity index (χ0v) is 78.4. The molecule has 690 valence electrons. The molecule has 8 aromatic carbocycles. The Labute approximate surface area is 775 Å². The van der Waals surface area contributed by atoms with E-state index in [4.69, 9.17) is 61.7 Å². The molecule has 20 rings (SSSR count). The van der Waals surface area contributed by atoms with Crippen molar-refractivity contribution in [2.24, 2.45) is 38.3 Å². The molecule has 28 heteroatoms. The SMILES string of the molecule is CCO.CN1C(=O)NC2(C1=O)c1cc(O)ccc1CC21CCc2ccccc2CC1.COCCBr.COCCOc1ccc2c(c1)C1(N=C(N)N(C)C1=O)C1(CCc3ccccc3CC1)C2.COCCOc1ccc2c(c1)C1(NC(=O)N(C)C1=O)C1(CCc3ccccc3CC1)C2.COCCOc1ccc2c(c1)C1(NC(=S)N(C)C1=O)C1(CCc3ccccc3CC1)C2.NO. The topological polar surface area (TPSA) is 341 Å². The molecule has 4 aliphatic heterocycles. The summed E-state index contributed by atoms with van der Waals surface area (Å²) in [7, 11) is 13.2. The van der Waals surface area contributed by atoms with Crippen LogP contribution in [0.15, 0.2) is 175 Å². The van der Waals surface area contributed by atoms with Crippen LogP contribution in [0.2, 0.25) is 0 Å². The van der Waals surface area contributed by atoms with Gasteiger partial charge in [-0.25, -0.2) is 20.5 Å². The summed E-state index contributed by atoms with van der Waals surface area (Å²) in [6.07, 6.45) is 17.6. The summed E-state index contributed by atoms with van der Waals surface area (Å²) in [4.78, 5) is 90.5. The first kappa shape index (κ1) is 95.4. The second-order valence-electron chi connectivity index (χ2n) is 35.9. The molecule has 3 saturated heterocycles. The number of thiocarbonyl (C=S) groups is 1. The third kappa shape index (κ3) is 16.9. The van der Waals surface area contributed by atoms with E-state index in [-0.39, 0.29) is 69.7 Å². The molecule has 8 spiro atoms. The summed E-state index contributed by atoms with van der Waals surface area (Å²) in [5.74, 6) is 5.78. The number of nitrogens with one attached hydrogen (secondary N) is 3. The minimum atomic E-state index is -1.09. The van der Waals surface area contributed by atoms with Crippen molar-refractivity contribution in [1.82, 2.24) is 35.6 Å². The number of alkyl halides is 1. The third-order valence-corrected chi connectivity index (χ3v) is 30.2. The number of phenols is 1. The van der Waals surface area contributed by atoms with Gasteiger partial charge in [-0.2, -0.15) is 0 Å². The van der Waals surface area contributed by atoms with Crippen molar-refractivity contribution in [2.45, 2.75) is 157 Å². The number of likely N-dealkylation sites (N-methyl/N-ethyl adjacent to an activating group) is 4. The van der Waals surface area contributed by atoms with Gasteiger partial charge in [-0.15, -0.1) is 0 Å². The van der Waals surface area contributed by atoms with Crippen LogP contribution in [-0.2, 0) is 137 Å². The largest absolute Gasteiger partial charge is 0.508 e. The van der Waals surface area contributed by atoms with Crippen LogP contribution in [0.25, 0.3) is 0 Å². The Bertz CT molecular complexity index is 5300. The summed E-state index contributed by atoms with van der Waals surface area (Å²) in [6.45, 7) is 5.63. The zero-order chi connectivity index (χ0) is 92.6. The lowest BCUT2D eigenvalue weighted by molar-refractivity contribution is -0.136. The van der Waals surface area contributed by atoms with Crippen molar-refractivity contribution < 1.29 is 77.3 Å². The predicted molar refractivity (Wildman–Crippen MR) is 503 cm³/mol. The molecule has 4 heterocycles. The highest BCUT2D eigenvalue weighted by molar-refractivity contribution is 9.09. The fraction of sp³-hybridized carbons (Fsp3) is 0.451. The van der Waals surface area contributed by atoms with Gasteiger partial charge in [-0.3, -0.25) is 38.8 Å². The van der Waals surface area contributed by atoms with Gasteiger partial charge < -0.3 is 70.3 Å². The number of rotatable bonds is 14. The Morgan fingerprint density at radius 2 is 0.669 bits per heavy atom. The minimum Gasteiger partial charge on any atom is -0.508 e. The van der Waals surface area contributed by atoms with Crippen molar-refractivity contribution in [1.29, 1.82) is 0 Å². The van der Waals surface area contributed by atoms with Crippen LogP contribution in [0.3, 0.4) is 0 Å². The van der Waals surface area contributed by atoms with Gasteiger partial charge in [0.15, 0.2) is 33.2 Å². The van der Waals surface area contributed by atoms with Gasteiger partial charge in [0.25, 0.3) is 23.6 Å². The quantitative estimate of drug-likeness (QED) is 0.0165. The minimum absolute atomic E-state index is 0.0243. The van der Waals surface area contributed by atoms with Crippen LogP contribution in [0.4, 0.5) is 9.59 Å². The number of aromatic hydroxyl groups is 1. The Morgan fingerprint density at radius 3 is 0.946 bits per heavy atom. The van der Waals surface area contributed by atoms with E-state index in [1.54, 1.807) is 73.5 Å². The molecule has 26 nitrogen and oxygen atoms in total. The predicted octanol–water partition coefficient (Wildman–Crippen LogP) is 12.7. The van der Waals surface area contributed by atoms with E-state index in [0.29, 0.717) is 56.5 Å². The first-order valence-corrected chi connectivity index (χ1v) is 46.6. The number of fused-ring (bicyclic) bond motifs is 16. The molecular formula is C102H123BrN10O16S. The molecule has 10 N–H and O–H groups in total. The summed E-state index contributed by atoms with van der Waals surface area (Å²) in [6, 6.07) is 57.1. The van der Waals surface area contributed by atoms with E-state index in [1.165, 1.54) is 77.4 Å².